The molecule has 0 spiro atoms. The van der Waals surface area contributed by atoms with E-state index in [4.69, 9.17) is 15.5 Å². The molecule has 3 rings (SSSR count). The van der Waals surface area contributed by atoms with Gasteiger partial charge in [-0.25, -0.2) is 9.59 Å². The van der Waals surface area contributed by atoms with Crippen molar-refractivity contribution >= 4 is 17.7 Å². The van der Waals surface area contributed by atoms with E-state index in [1.54, 1.807) is 24.3 Å². The normalized spacial score (nSPS) is 17.2. The van der Waals surface area contributed by atoms with E-state index in [0.717, 1.165) is 37.4 Å². The number of hydrogen-bond acceptors (Lipinski definition) is 5. The summed E-state index contributed by atoms with van der Waals surface area (Å²) in [6.45, 7) is 3.58. The molecule has 0 radical (unpaired) electrons. The lowest BCUT2D eigenvalue weighted by Gasteiger charge is -2.31. The number of piperidine rings is 1. The molecule has 154 valence electrons. The summed E-state index contributed by atoms with van der Waals surface area (Å²) in [5, 5.41) is 24.4. The second-order valence-corrected chi connectivity index (χ2v) is 7.51. The summed E-state index contributed by atoms with van der Waals surface area (Å²) < 4.78 is 0. The topological polar surface area (TPSA) is 119 Å². The van der Waals surface area contributed by atoms with E-state index >= 15 is 0 Å². The first-order valence-electron chi connectivity index (χ1n) is 9.77. The van der Waals surface area contributed by atoms with Gasteiger partial charge in [0.25, 0.3) is 0 Å². The minimum atomic E-state index is -1.26. The monoisotopic (exact) mass is 398 g/mol. The van der Waals surface area contributed by atoms with Crippen LogP contribution < -0.4 is 0 Å². The van der Waals surface area contributed by atoms with Crippen LogP contribution in [0, 0.1) is 23.2 Å². The predicted molar refractivity (Wildman–Crippen MR) is 106 cm³/mol. The van der Waals surface area contributed by atoms with Crippen LogP contribution in [0.4, 0.5) is 0 Å². The van der Waals surface area contributed by atoms with Crippen molar-refractivity contribution in [1.82, 2.24) is 4.90 Å². The quantitative estimate of drug-likeness (QED) is 0.535. The number of benzene rings is 1. The molecule has 0 atom stereocenters. The van der Waals surface area contributed by atoms with E-state index in [2.05, 4.69) is 11.0 Å². The minimum absolute atomic E-state index is 0.222. The van der Waals surface area contributed by atoms with Gasteiger partial charge in [-0.15, -0.1) is 0 Å². The van der Waals surface area contributed by atoms with Gasteiger partial charge in [0, 0.05) is 30.7 Å². The highest BCUT2D eigenvalue weighted by Gasteiger charge is 2.27. The zero-order valence-electron chi connectivity index (χ0n) is 16.3. The maximum Gasteiger partial charge on any atom is 0.328 e. The molecule has 1 aromatic carbocycles. The lowest BCUT2D eigenvalue weighted by molar-refractivity contribution is -0.134. The molecular formula is C22H26N2O5. The summed E-state index contributed by atoms with van der Waals surface area (Å²) in [6.07, 6.45) is 6.89. The fourth-order valence-corrected chi connectivity index (χ4v) is 3.29. The Balaban J connectivity index is 0.000000321. The number of rotatable bonds is 7. The fraction of sp³-hybridized carbons (Fsp3) is 0.455. The molecule has 1 saturated carbocycles. The van der Waals surface area contributed by atoms with Crippen LogP contribution >= 0.6 is 0 Å². The fourth-order valence-electron chi connectivity index (χ4n) is 3.29. The summed E-state index contributed by atoms with van der Waals surface area (Å²) in [7, 11) is 0. The van der Waals surface area contributed by atoms with Crippen LogP contribution in [0.15, 0.2) is 36.4 Å². The van der Waals surface area contributed by atoms with Crippen LogP contribution in [0.2, 0.25) is 0 Å². The van der Waals surface area contributed by atoms with Crippen LogP contribution in [0.5, 0.6) is 0 Å². The van der Waals surface area contributed by atoms with Gasteiger partial charge in [-0.3, -0.25) is 4.79 Å². The van der Waals surface area contributed by atoms with Crippen LogP contribution in [-0.4, -0.2) is 52.5 Å². The Bertz CT molecular complexity index is 766. The van der Waals surface area contributed by atoms with E-state index in [9.17, 15) is 14.4 Å². The first-order valence-corrected chi connectivity index (χ1v) is 9.77. The van der Waals surface area contributed by atoms with Crippen molar-refractivity contribution in [2.24, 2.45) is 11.8 Å². The number of likely N-dealkylation sites (tertiary alicyclic amines) is 1. The standard InChI is InChI=1S/C18H22N2O.C4H4O4/c19-12-15-3-5-17(6-4-15)18(21)11-14-7-9-20(10-8-14)13-16-1-2-16;5-3(6)1-2-4(7)8/h3-6,14,16H,1-2,7-11,13H2;1-2H,(H,5,6)(H,7,8). The predicted octanol–water partition coefficient (Wildman–Crippen LogP) is 2.96. The molecule has 1 saturated heterocycles. The zero-order valence-corrected chi connectivity index (χ0v) is 16.3. The number of Topliss-reactive ketones (excluding diaryl/α,β-unsaturated/α-hetero) is 1. The van der Waals surface area contributed by atoms with Crippen LogP contribution in [0.1, 0.15) is 48.0 Å². The van der Waals surface area contributed by atoms with Crippen molar-refractivity contribution in [3.63, 3.8) is 0 Å². The van der Waals surface area contributed by atoms with Crippen molar-refractivity contribution in [3.05, 3.63) is 47.5 Å². The summed E-state index contributed by atoms with van der Waals surface area (Å²) in [6, 6.07) is 9.10. The number of carboxylic acid groups (broad SMARTS) is 2. The number of carbonyl (C=O) groups is 3. The number of ketones is 1. The van der Waals surface area contributed by atoms with Gasteiger partial charge in [0.15, 0.2) is 5.78 Å². The number of nitriles is 1. The Kier molecular flexibility index (Phi) is 8.56. The average molecular weight is 398 g/mol. The summed E-state index contributed by atoms with van der Waals surface area (Å²) >= 11 is 0. The Morgan fingerprint density at radius 2 is 1.52 bits per heavy atom. The maximum atomic E-state index is 12.3. The summed E-state index contributed by atoms with van der Waals surface area (Å²) in [4.78, 5) is 34.0. The molecule has 7 heteroatoms. The van der Waals surface area contributed by atoms with E-state index in [0.29, 0.717) is 30.1 Å². The molecule has 2 N–H and O–H groups in total. The first kappa shape index (κ1) is 22.3. The van der Waals surface area contributed by atoms with Crippen molar-refractivity contribution in [1.29, 1.82) is 5.26 Å². The molecular weight excluding hydrogens is 372 g/mol. The SMILES string of the molecule is N#Cc1ccc(C(=O)CC2CCN(CC3CC3)CC2)cc1.O=C(O)C=CC(=O)O. The Morgan fingerprint density at radius 1 is 0.966 bits per heavy atom. The first-order chi connectivity index (χ1) is 13.9. The maximum absolute atomic E-state index is 12.3. The largest absolute Gasteiger partial charge is 0.478 e. The van der Waals surface area contributed by atoms with Gasteiger partial charge in [0.2, 0.25) is 0 Å². The Morgan fingerprint density at radius 3 is 1.97 bits per heavy atom. The van der Waals surface area contributed by atoms with E-state index in [1.165, 1.54) is 19.4 Å². The van der Waals surface area contributed by atoms with Gasteiger partial charge in [-0.1, -0.05) is 12.1 Å². The van der Waals surface area contributed by atoms with Crippen molar-refractivity contribution in [2.75, 3.05) is 19.6 Å². The molecule has 0 amide bonds. The average Bonchev–Trinajstić information content (AvgIpc) is 3.52. The highest BCUT2D eigenvalue weighted by Crippen LogP contribution is 2.31. The van der Waals surface area contributed by atoms with Gasteiger partial charge >= 0.3 is 11.9 Å². The summed E-state index contributed by atoms with van der Waals surface area (Å²) in [5.74, 6) is -0.801. The lowest BCUT2D eigenvalue weighted by atomic mass is 9.89. The third-order valence-corrected chi connectivity index (χ3v) is 5.10. The molecule has 7 nitrogen and oxygen atoms in total. The van der Waals surface area contributed by atoms with E-state index in [1.807, 2.05) is 0 Å². The van der Waals surface area contributed by atoms with Crippen molar-refractivity contribution in [2.45, 2.75) is 32.1 Å². The van der Waals surface area contributed by atoms with Crippen LogP contribution in [0.3, 0.4) is 0 Å². The summed E-state index contributed by atoms with van der Waals surface area (Å²) in [5.41, 5.74) is 1.36. The minimum Gasteiger partial charge on any atom is -0.478 e. The smallest absolute Gasteiger partial charge is 0.328 e. The second-order valence-electron chi connectivity index (χ2n) is 7.51. The Hall–Kier alpha value is -2.98. The van der Waals surface area contributed by atoms with E-state index < -0.39 is 11.9 Å². The molecule has 2 fully saturated rings. The van der Waals surface area contributed by atoms with Gasteiger partial charge in [0.1, 0.15) is 0 Å². The number of carboxylic acids is 2. The van der Waals surface area contributed by atoms with Gasteiger partial charge in [0.05, 0.1) is 11.6 Å². The molecule has 1 aliphatic carbocycles. The molecule has 29 heavy (non-hydrogen) atoms. The van der Waals surface area contributed by atoms with Gasteiger partial charge in [-0.2, -0.15) is 5.26 Å². The molecule has 2 aliphatic rings. The third-order valence-electron chi connectivity index (χ3n) is 5.10. The van der Waals surface area contributed by atoms with Gasteiger partial charge in [-0.05, 0) is 62.7 Å². The van der Waals surface area contributed by atoms with E-state index in [-0.39, 0.29) is 5.78 Å². The molecule has 0 unspecified atom stereocenters. The number of nitrogens with zero attached hydrogens (tertiary/aromatic N) is 2. The van der Waals surface area contributed by atoms with Crippen molar-refractivity contribution in [3.8, 4) is 6.07 Å². The molecule has 0 bridgehead atoms. The zero-order chi connectivity index (χ0) is 21.2. The number of aliphatic carboxylic acids is 2. The third kappa shape index (κ3) is 8.71. The van der Waals surface area contributed by atoms with Crippen LogP contribution in [-0.2, 0) is 9.59 Å². The molecule has 1 aromatic rings. The van der Waals surface area contributed by atoms with Crippen LogP contribution in [0.25, 0.3) is 0 Å². The second kappa shape index (κ2) is 11.1. The highest BCUT2D eigenvalue weighted by atomic mass is 16.4. The molecule has 0 aromatic heterocycles. The van der Waals surface area contributed by atoms with Crippen molar-refractivity contribution < 1.29 is 24.6 Å². The molecule has 1 aliphatic heterocycles. The molecule has 1 heterocycles. The highest BCUT2D eigenvalue weighted by molar-refractivity contribution is 5.96. The lowest BCUT2D eigenvalue weighted by Crippen LogP contribution is -2.35. The Labute approximate surface area is 170 Å². The number of hydrogen-bond donors (Lipinski definition) is 2. The number of carbonyl (C=O) groups excluding carboxylic acids is 1. The van der Waals surface area contributed by atoms with Gasteiger partial charge < -0.3 is 15.1 Å².